The highest BCUT2D eigenvalue weighted by atomic mass is 16.5. The first kappa shape index (κ1) is 22.4. The molecule has 0 amide bonds. The lowest BCUT2D eigenvalue weighted by molar-refractivity contribution is -0.128. The number of aliphatic hydroxyl groups excluding tert-OH is 1. The van der Waals surface area contributed by atoms with Crippen LogP contribution in [0.25, 0.3) is 28.1 Å². The summed E-state index contributed by atoms with van der Waals surface area (Å²) in [6.45, 7) is 4.68. The standard InChI is InChI=1S/C26H29N5O3/c1-17(2)12-22(32)24(33)20-13-19-9-10-30(25(19)27-15-20)21-7-5-6-18(14-21)26-29-28-16-31(26)23-8-3-4-11-34-23/h5-7,9-10,13-17,23-24,33H,3-4,8,11-12H2,1-2H3. The summed E-state index contributed by atoms with van der Waals surface area (Å²) in [4.78, 5) is 16.9. The first-order valence-electron chi connectivity index (χ1n) is 11.8. The average molecular weight is 460 g/mol. The second-order valence-corrected chi connectivity index (χ2v) is 9.27. The van der Waals surface area contributed by atoms with E-state index >= 15 is 0 Å². The fourth-order valence-corrected chi connectivity index (χ4v) is 4.50. The highest BCUT2D eigenvalue weighted by Gasteiger charge is 2.21. The van der Waals surface area contributed by atoms with Crippen molar-refractivity contribution in [2.24, 2.45) is 5.92 Å². The molecular formula is C26H29N5O3. The molecule has 4 aromatic rings. The van der Waals surface area contributed by atoms with Gasteiger partial charge in [0.2, 0.25) is 0 Å². The van der Waals surface area contributed by atoms with Gasteiger partial charge in [0.15, 0.2) is 11.6 Å². The summed E-state index contributed by atoms with van der Waals surface area (Å²) >= 11 is 0. The third-order valence-electron chi connectivity index (χ3n) is 6.20. The first-order valence-corrected chi connectivity index (χ1v) is 11.8. The van der Waals surface area contributed by atoms with E-state index in [-0.39, 0.29) is 17.9 Å². The molecule has 1 N–H and O–H groups in total. The van der Waals surface area contributed by atoms with Gasteiger partial charge in [-0.15, -0.1) is 10.2 Å². The van der Waals surface area contributed by atoms with Gasteiger partial charge >= 0.3 is 0 Å². The number of ether oxygens (including phenoxy) is 1. The number of benzene rings is 1. The van der Waals surface area contributed by atoms with Crippen LogP contribution in [0, 0.1) is 5.92 Å². The smallest absolute Gasteiger partial charge is 0.166 e. The van der Waals surface area contributed by atoms with E-state index in [0.29, 0.717) is 12.0 Å². The quantitative estimate of drug-likeness (QED) is 0.433. The van der Waals surface area contributed by atoms with Crippen LogP contribution in [-0.4, -0.2) is 41.8 Å². The molecular weight excluding hydrogens is 430 g/mol. The van der Waals surface area contributed by atoms with Crippen molar-refractivity contribution in [1.82, 2.24) is 24.3 Å². The Balaban J connectivity index is 1.45. The molecule has 0 bridgehead atoms. The average Bonchev–Trinajstić information content (AvgIpc) is 3.51. The van der Waals surface area contributed by atoms with Gasteiger partial charge in [-0.25, -0.2) is 4.98 Å². The van der Waals surface area contributed by atoms with Crippen LogP contribution in [0.5, 0.6) is 0 Å². The van der Waals surface area contributed by atoms with E-state index in [1.165, 1.54) is 0 Å². The number of pyridine rings is 1. The van der Waals surface area contributed by atoms with Gasteiger partial charge in [0.25, 0.3) is 0 Å². The first-order chi connectivity index (χ1) is 16.5. The lowest BCUT2D eigenvalue weighted by Gasteiger charge is -2.24. The zero-order valence-electron chi connectivity index (χ0n) is 19.5. The summed E-state index contributed by atoms with van der Waals surface area (Å²) in [6, 6.07) is 11.8. The molecule has 5 rings (SSSR count). The monoisotopic (exact) mass is 459 g/mol. The van der Waals surface area contributed by atoms with Crippen LogP contribution in [0.3, 0.4) is 0 Å². The third-order valence-corrected chi connectivity index (χ3v) is 6.20. The molecule has 1 aliphatic heterocycles. The van der Waals surface area contributed by atoms with Crippen LogP contribution in [0.2, 0.25) is 0 Å². The molecule has 2 atom stereocenters. The Kier molecular flexibility index (Phi) is 6.26. The summed E-state index contributed by atoms with van der Waals surface area (Å²) in [5.74, 6) is 0.782. The SMILES string of the molecule is CC(C)CC(=O)C(O)c1cnc2c(ccn2-c2cccc(-c3nncn3C3CCCCO3)c2)c1. The number of hydrogen-bond donors (Lipinski definition) is 1. The highest BCUT2D eigenvalue weighted by Crippen LogP contribution is 2.29. The topological polar surface area (TPSA) is 95.1 Å². The molecule has 1 saturated heterocycles. The van der Waals surface area contributed by atoms with Gasteiger partial charge < -0.3 is 14.4 Å². The minimum absolute atomic E-state index is 0.0419. The Morgan fingerprint density at radius 2 is 2.12 bits per heavy atom. The molecule has 34 heavy (non-hydrogen) atoms. The van der Waals surface area contributed by atoms with E-state index in [1.54, 1.807) is 12.5 Å². The number of aromatic nitrogens is 5. The van der Waals surface area contributed by atoms with E-state index in [9.17, 15) is 9.90 Å². The fourth-order valence-electron chi connectivity index (χ4n) is 4.50. The van der Waals surface area contributed by atoms with Gasteiger partial charge in [-0.1, -0.05) is 26.0 Å². The van der Waals surface area contributed by atoms with Crippen LogP contribution in [0.4, 0.5) is 0 Å². The van der Waals surface area contributed by atoms with Gasteiger partial charge in [0, 0.05) is 47.6 Å². The molecule has 0 radical (unpaired) electrons. The lowest BCUT2D eigenvalue weighted by atomic mass is 9.99. The molecule has 0 aliphatic carbocycles. The van der Waals surface area contributed by atoms with Gasteiger partial charge in [0.1, 0.15) is 24.3 Å². The number of nitrogens with zero attached hydrogens (tertiary/aromatic N) is 5. The van der Waals surface area contributed by atoms with E-state index in [4.69, 9.17) is 4.74 Å². The Hall–Kier alpha value is -3.36. The normalized spacial score (nSPS) is 17.4. The number of ketones is 1. The van der Waals surface area contributed by atoms with Crippen LogP contribution < -0.4 is 0 Å². The highest BCUT2D eigenvalue weighted by molar-refractivity contribution is 5.86. The van der Waals surface area contributed by atoms with Crippen molar-refractivity contribution in [2.45, 2.75) is 51.9 Å². The zero-order chi connectivity index (χ0) is 23.7. The third kappa shape index (κ3) is 4.38. The van der Waals surface area contributed by atoms with Crippen LogP contribution in [0.15, 0.2) is 55.1 Å². The molecule has 8 nitrogen and oxygen atoms in total. The van der Waals surface area contributed by atoms with Crippen molar-refractivity contribution >= 4 is 16.8 Å². The van der Waals surface area contributed by atoms with Crippen molar-refractivity contribution in [1.29, 1.82) is 0 Å². The minimum atomic E-state index is -1.15. The van der Waals surface area contributed by atoms with Gasteiger partial charge in [-0.3, -0.25) is 9.36 Å². The number of carbonyl (C=O) groups is 1. The fraction of sp³-hybridized carbons (Fsp3) is 0.385. The molecule has 1 aromatic carbocycles. The Bertz CT molecular complexity index is 1300. The van der Waals surface area contributed by atoms with Crippen molar-refractivity contribution in [3.05, 3.63) is 60.7 Å². The molecule has 8 heteroatoms. The number of fused-ring (bicyclic) bond motifs is 1. The van der Waals surface area contributed by atoms with Crippen molar-refractivity contribution < 1.29 is 14.6 Å². The second kappa shape index (κ2) is 9.48. The van der Waals surface area contributed by atoms with Crippen molar-refractivity contribution in [2.75, 3.05) is 6.61 Å². The van der Waals surface area contributed by atoms with E-state index < -0.39 is 6.10 Å². The summed E-state index contributed by atoms with van der Waals surface area (Å²) < 4.78 is 9.93. The molecule has 0 spiro atoms. The van der Waals surface area contributed by atoms with Crippen LogP contribution in [-0.2, 0) is 9.53 Å². The molecule has 1 aliphatic rings. The van der Waals surface area contributed by atoms with E-state index in [2.05, 4.69) is 21.2 Å². The van der Waals surface area contributed by atoms with Crippen LogP contribution in [0.1, 0.15) is 57.4 Å². The molecule has 3 aromatic heterocycles. The van der Waals surface area contributed by atoms with Crippen LogP contribution >= 0.6 is 0 Å². The van der Waals surface area contributed by atoms with Crippen molar-refractivity contribution in [3.63, 3.8) is 0 Å². The predicted molar refractivity (Wildman–Crippen MR) is 128 cm³/mol. The molecule has 2 unspecified atom stereocenters. The minimum Gasteiger partial charge on any atom is -0.380 e. The second-order valence-electron chi connectivity index (χ2n) is 9.27. The zero-order valence-corrected chi connectivity index (χ0v) is 19.5. The summed E-state index contributed by atoms with van der Waals surface area (Å²) in [5, 5.41) is 19.8. The van der Waals surface area contributed by atoms with E-state index in [0.717, 1.165) is 54.0 Å². The van der Waals surface area contributed by atoms with Crippen molar-refractivity contribution in [3.8, 4) is 17.1 Å². The maximum atomic E-state index is 12.3. The number of Topliss-reactive ketones (excluding diaryl/α,β-unsaturated/α-hetero) is 1. The summed E-state index contributed by atoms with van der Waals surface area (Å²) in [6.07, 6.45) is 7.57. The summed E-state index contributed by atoms with van der Waals surface area (Å²) in [7, 11) is 0. The Morgan fingerprint density at radius 1 is 1.24 bits per heavy atom. The number of hydrogen-bond acceptors (Lipinski definition) is 6. The number of carbonyl (C=O) groups excluding carboxylic acids is 1. The van der Waals surface area contributed by atoms with Gasteiger partial charge in [0.05, 0.1) is 0 Å². The predicted octanol–water partition coefficient (Wildman–Crippen LogP) is 4.63. The Morgan fingerprint density at radius 3 is 2.91 bits per heavy atom. The maximum absolute atomic E-state index is 12.3. The number of rotatable bonds is 7. The number of aliphatic hydroxyl groups is 1. The molecule has 4 heterocycles. The summed E-state index contributed by atoms with van der Waals surface area (Å²) in [5.41, 5.74) is 3.15. The molecule has 0 saturated carbocycles. The Labute approximate surface area is 198 Å². The largest absolute Gasteiger partial charge is 0.380 e. The molecule has 1 fully saturated rings. The van der Waals surface area contributed by atoms with E-state index in [1.807, 2.05) is 59.5 Å². The van der Waals surface area contributed by atoms with Gasteiger partial charge in [-0.2, -0.15) is 0 Å². The van der Waals surface area contributed by atoms with Gasteiger partial charge in [-0.05, 0) is 49.4 Å². The molecule has 176 valence electrons. The maximum Gasteiger partial charge on any atom is 0.166 e. The lowest BCUT2D eigenvalue weighted by Crippen LogP contribution is -2.18.